The van der Waals surface area contributed by atoms with Crippen LogP contribution in [0.1, 0.15) is 28.4 Å². The van der Waals surface area contributed by atoms with Crippen LogP contribution in [0.15, 0.2) is 78.9 Å². The lowest BCUT2D eigenvalue weighted by atomic mass is 9.79. The molecule has 2 atom stereocenters. The summed E-state index contributed by atoms with van der Waals surface area (Å²) in [5.74, 6) is -1.76. The summed E-state index contributed by atoms with van der Waals surface area (Å²) >= 11 is 5.92. The molecular formula is C24H20ClNO3. The van der Waals surface area contributed by atoms with Crippen LogP contribution in [0.25, 0.3) is 0 Å². The van der Waals surface area contributed by atoms with E-state index < -0.39 is 17.4 Å². The SMILES string of the molecule is CC(C(=O)c1ccc(Cl)cc1)C1(O)C(=O)N(Cc2ccccc2)c2ccccc21. The molecule has 0 radical (unpaired) electrons. The Morgan fingerprint density at radius 3 is 2.31 bits per heavy atom. The Labute approximate surface area is 174 Å². The zero-order valence-electron chi connectivity index (χ0n) is 15.9. The predicted molar refractivity (Wildman–Crippen MR) is 113 cm³/mol. The average Bonchev–Trinajstić information content (AvgIpc) is 2.97. The highest BCUT2D eigenvalue weighted by molar-refractivity contribution is 6.30. The fraction of sp³-hybridized carbons (Fsp3) is 0.167. The number of anilines is 1. The Bertz CT molecular complexity index is 1060. The van der Waals surface area contributed by atoms with Crippen LogP contribution in [-0.2, 0) is 16.9 Å². The van der Waals surface area contributed by atoms with E-state index in [2.05, 4.69) is 0 Å². The van der Waals surface area contributed by atoms with Crippen molar-refractivity contribution < 1.29 is 14.7 Å². The van der Waals surface area contributed by atoms with Crippen LogP contribution in [0.2, 0.25) is 5.02 Å². The fourth-order valence-electron chi connectivity index (χ4n) is 3.86. The molecule has 29 heavy (non-hydrogen) atoms. The van der Waals surface area contributed by atoms with E-state index in [0.717, 1.165) is 5.56 Å². The number of benzene rings is 3. The minimum Gasteiger partial charge on any atom is -0.375 e. The van der Waals surface area contributed by atoms with E-state index in [1.54, 1.807) is 54.3 Å². The summed E-state index contributed by atoms with van der Waals surface area (Å²) in [5.41, 5.74) is 0.497. The molecule has 1 amide bonds. The number of amides is 1. The largest absolute Gasteiger partial charge is 0.375 e. The van der Waals surface area contributed by atoms with E-state index in [1.807, 2.05) is 36.4 Å². The van der Waals surface area contributed by atoms with E-state index in [-0.39, 0.29) is 5.78 Å². The number of halogens is 1. The number of rotatable bonds is 5. The van der Waals surface area contributed by atoms with E-state index in [4.69, 9.17) is 11.6 Å². The number of Topliss-reactive ketones (excluding diaryl/α,β-unsaturated/α-hetero) is 1. The van der Waals surface area contributed by atoms with Crippen molar-refractivity contribution in [2.75, 3.05) is 4.90 Å². The van der Waals surface area contributed by atoms with Gasteiger partial charge in [0.2, 0.25) is 0 Å². The standard InChI is InChI=1S/C24H20ClNO3/c1-16(22(27)18-11-13-19(25)14-12-18)24(29)20-9-5-6-10-21(20)26(23(24)28)15-17-7-3-2-4-8-17/h2-14,16,29H,15H2,1H3. The van der Waals surface area contributed by atoms with Gasteiger partial charge >= 0.3 is 0 Å². The second kappa shape index (κ2) is 7.47. The molecule has 1 aliphatic rings. The van der Waals surface area contributed by atoms with Crippen LogP contribution in [0.3, 0.4) is 0 Å². The summed E-state index contributed by atoms with van der Waals surface area (Å²) in [6.45, 7) is 1.92. The van der Waals surface area contributed by atoms with E-state index in [9.17, 15) is 14.7 Å². The second-order valence-corrected chi connectivity index (χ2v) is 7.69. The Morgan fingerprint density at radius 2 is 1.62 bits per heavy atom. The maximum absolute atomic E-state index is 13.4. The lowest BCUT2D eigenvalue weighted by molar-refractivity contribution is -0.139. The first-order chi connectivity index (χ1) is 13.9. The van der Waals surface area contributed by atoms with Gasteiger partial charge in [-0.2, -0.15) is 0 Å². The summed E-state index contributed by atoms with van der Waals surface area (Å²) in [7, 11) is 0. The van der Waals surface area contributed by atoms with E-state index in [0.29, 0.717) is 28.4 Å². The van der Waals surface area contributed by atoms with Crippen molar-refractivity contribution >= 4 is 29.0 Å². The molecule has 146 valence electrons. The van der Waals surface area contributed by atoms with Gasteiger partial charge in [-0.1, -0.05) is 67.1 Å². The van der Waals surface area contributed by atoms with Gasteiger partial charge in [0.05, 0.1) is 18.2 Å². The van der Waals surface area contributed by atoms with E-state index >= 15 is 0 Å². The fourth-order valence-corrected chi connectivity index (χ4v) is 3.98. The van der Waals surface area contributed by atoms with Crippen molar-refractivity contribution in [3.8, 4) is 0 Å². The minimum absolute atomic E-state index is 0.311. The lowest BCUT2D eigenvalue weighted by Crippen LogP contribution is -2.47. The van der Waals surface area contributed by atoms with Gasteiger partial charge < -0.3 is 10.0 Å². The Hall–Kier alpha value is -2.95. The van der Waals surface area contributed by atoms with Crippen LogP contribution in [0.4, 0.5) is 5.69 Å². The summed E-state index contributed by atoms with van der Waals surface area (Å²) in [6, 6.07) is 23.1. The molecule has 5 heteroatoms. The molecular weight excluding hydrogens is 386 g/mol. The Balaban J connectivity index is 1.73. The van der Waals surface area contributed by atoms with Crippen LogP contribution < -0.4 is 4.90 Å². The molecule has 1 N–H and O–H groups in total. The summed E-state index contributed by atoms with van der Waals surface area (Å²) in [4.78, 5) is 28.1. The molecule has 0 saturated carbocycles. The molecule has 3 aromatic rings. The van der Waals surface area contributed by atoms with Crippen molar-refractivity contribution in [1.82, 2.24) is 0 Å². The normalized spacial score (nSPS) is 19.1. The highest BCUT2D eigenvalue weighted by atomic mass is 35.5. The van der Waals surface area contributed by atoms with Crippen LogP contribution in [0, 0.1) is 5.92 Å². The van der Waals surface area contributed by atoms with E-state index in [1.165, 1.54) is 0 Å². The number of nitrogens with zero attached hydrogens (tertiary/aromatic N) is 1. The van der Waals surface area contributed by atoms with Crippen molar-refractivity contribution in [2.24, 2.45) is 5.92 Å². The molecule has 0 bridgehead atoms. The van der Waals surface area contributed by atoms with Gasteiger partial charge in [0.1, 0.15) is 0 Å². The quantitative estimate of drug-likeness (QED) is 0.631. The van der Waals surface area contributed by atoms with Crippen molar-refractivity contribution in [3.63, 3.8) is 0 Å². The first kappa shape index (κ1) is 19.4. The molecule has 2 unspecified atom stereocenters. The van der Waals surface area contributed by atoms with Gasteiger partial charge in [0.25, 0.3) is 5.91 Å². The molecule has 0 aromatic heterocycles. The molecule has 3 aromatic carbocycles. The zero-order valence-corrected chi connectivity index (χ0v) is 16.6. The molecule has 0 fully saturated rings. The molecule has 0 spiro atoms. The molecule has 0 saturated heterocycles. The van der Waals surface area contributed by atoms with Crippen LogP contribution in [-0.4, -0.2) is 16.8 Å². The van der Waals surface area contributed by atoms with Gasteiger partial charge in [-0.25, -0.2) is 0 Å². The lowest BCUT2D eigenvalue weighted by Gasteiger charge is -2.28. The molecule has 1 heterocycles. The number of carbonyl (C=O) groups is 2. The third-order valence-electron chi connectivity index (χ3n) is 5.51. The number of hydrogen-bond donors (Lipinski definition) is 1. The molecule has 4 nitrogen and oxygen atoms in total. The minimum atomic E-state index is -1.93. The van der Waals surface area contributed by atoms with Crippen LogP contribution >= 0.6 is 11.6 Å². The second-order valence-electron chi connectivity index (χ2n) is 7.25. The third kappa shape index (κ3) is 3.24. The topological polar surface area (TPSA) is 57.6 Å². The first-order valence-electron chi connectivity index (χ1n) is 9.40. The van der Waals surface area contributed by atoms with Crippen LogP contribution in [0.5, 0.6) is 0 Å². The Morgan fingerprint density at radius 1 is 1.00 bits per heavy atom. The number of aliphatic hydroxyl groups is 1. The van der Waals surface area contributed by atoms with Gasteiger partial charge in [0.15, 0.2) is 11.4 Å². The average molecular weight is 406 g/mol. The molecule has 1 aliphatic heterocycles. The number of para-hydroxylation sites is 1. The van der Waals surface area contributed by atoms with Crippen molar-refractivity contribution in [2.45, 2.75) is 19.1 Å². The Kier molecular flexibility index (Phi) is 4.99. The zero-order chi connectivity index (χ0) is 20.6. The smallest absolute Gasteiger partial charge is 0.264 e. The summed E-state index contributed by atoms with van der Waals surface area (Å²) in [6.07, 6.45) is 0. The van der Waals surface area contributed by atoms with Gasteiger partial charge in [-0.05, 0) is 35.9 Å². The van der Waals surface area contributed by atoms with Gasteiger partial charge in [-0.15, -0.1) is 0 Å². The number of ketones is 1. The molecule has 0 aliphatic carbocycles. The summed E-state index contributed by atoms with van der Waals surface area (Å²) < 4.78 is 0. The number of hydrogen-bond acceptors (Lipinski definition) is 3. The third-order valence-corrected chi connectivity index (χ3v) is 5.76. The number of carbonyl (C=O) groups excluding carboxylic acids is 2. The van der Waals surface area contributed by atoms with Gasteiger partial charge in [0, 0.05) is 16.1 Å². The maximum Gasteiger partial charge on any atom is 0.264 e. The highest BCUT2D eigenvalue weighted by Gasteiger charge is 2.55. The molecule has 4 rings (SSSR count). The summed E-state index contributed by atoms with van der Waals surface area (Å²) in [5, 5.41) is 12.1. The van der Waals surface area contributed by atoms with Crippen molar-refractivity contribution in [3.05, 3.63) is 101 Å². The highest BCUT2D eigenvalue weighted by Crippen LogP contribution is 2.46. The number of fused-ring (bicyclic) bond motifs is 1. The van der Waals surface area contributed by atoms with Gasteiger partial charge in [-0.3, -0.25) is 9.59 Å². The maximum atomic E-state index is 13.4. The monoisotopic (exact) mass is 405 g/mol. The first-order valence-corrected chi connectivity index (χ1v) is 9.78. The van der Waals surface area contributed by atoms with Crippen molar-refractivity contribution in [1.29, 1.82) is 0 Å². The predicted octanol–water partition coefficient (Wildman–Crippen LogP) is 4.59.